The second kappa shape index (κ2) is 10.2. The van der Waals surface area contributed by atoms with E-state index in [-0.39, 0.29) is 18.5 Å². The first-order valence-corrected chi connectivity index (χ1v) is 9.10. The Morgan fingerprint density at radius 3 is 2.79 bits per heavy atom. The molecule has 9 heteroatoms. The van der Waals surface area contributed by atoms with Crippen LogP contribution in [0.4, 0.5) is 4.79 Å². The van der Waals surface area contributed by atoms with Crippen LogP contribution in [0, 0.1) is 6.92 Å². The lowest BCUT2D eigenvalue weighted by Gasteiger charge is -2.09. The van der Waals surface area contributed by atoms with Gasteiger partial charge in [0.25, 0.3) is 11.5 Å². The number of esters is 1. The molecule has 3 amide bonds. The van der Waals surface area contributed by atoms with Gasteiger partial charge >= 0.3 is 12.0 Å². The maximum atomic E-state index is 12.5. The van der Waals surface area contributed by atoms with Crippen LogP contribution in [0.2, 0.25) is 0 Å². The van der Waals surface area contributed by atoms with E-state index in [1.165, 1.54) is 10.9 Å². The minimum Gasteiger partial charge on any atom is -0.456 e. The third kappa shape index (κ3) is 5.90. The minimum absolute atomic E-state index is 0.0771. The zero-order chi connectivity index (χ0) is 20.5. The molecule has 9 nitrogen and oxygen atoms in total. The topological polar surface area (TPSA) is 119 Å². The Kier molecular flexibility index (Phi) is 7.67. The molecule has 2 rings (SSSR count). The number of carbonyl (C=O) groups excluding carboxylic acids is 3. The van der Waals surface area contributed by atoms with Crippen molar-refractivity contribution in [2.75, 3.05) is 13.2 Å². The molecule has 0 atom stereocenters. The van der Waals surface area contributed by atoms with Crippen molar-refractivity contribution in [1.82, 2.24) is 20.2 Å². The van der Waals surface area contributed by atoms with E-state index in [2.05, 4.69) is 15.6 Å². The summed E-state index contributed by atoms with van der Waals surface area (Å²) in [4.78, 5) is 51.5. The first-order valence-electron chi connectivity index (χ1n) is 9.10. The third-order valence-electron chi connectivity index (χ3n) is 4.05. The molecule has 2 aromatic rings. The normalized spacial score (nSPS) is 10.5. The maximum Gasteiger partial charge on any atom is 0.321 e. The van der Waals surface area contributed by atoms with Gasteiger partial charge in [0.1, 0.15) is 0 Å². The molecule has 0 spiro atoms. The number of imide groups is 1. The number of nitrogens with zero attached hydrogens (tertiary/aromatic N) is 2. The number of urea groups is 1. The van der Waals surface area contributed by atoms with Crippen molar-refractivity contribution in [1.29, 1.82) is 0 Å². The average Bonchev–Trinajstić information content (AvgIpc) is 2.66. The molecule has 0 unspecified atom stereocenters. The van der Waals surface area contributed by atoms with E-state index >= 15 is 0 Å². The standard InChI is InChI=1S/C19H24N4O5/c1-3-4-9-20-19(27)22-15(24)11-28-16(25)8-10-23-12-21-17-13(2)6-5-7-14(17)18(23)26/h5-7,12H,3-4,8-11H2,1-2H3,(H2,20,22,24,27). The molecule has 2 N–H and O–H groups in total. The quantitative estimate of drug-likeness (QED) is 0.519. The minimum atomic E-state index is -0.720. The van der Waals surface area contributed by atoms with E-state index in [0.29, 0.717) is 17.4 Å². The summed E-state index contributed by atoms with van der Waals surface area (Å²) >= 11 is 0. The molecule has 150 valence electrons. The number of para-hydroxylation sites is 1. The SMILES string of the molecule is CCCCNC(=O)NC(=O)COC(=O)CCn1cnc2c(C)cccc2c1=O. The summed E-state index contributed by atoms with van der Waals surface area (Å²) in [6.45, 7) is 3.82. The number of fused-ring (bicyclic) bond motifs is 1. The largest absolute Gasteiger partial charge is 0.456 e. The Labute approximate surface area is 162 Å². The molecular weight excluding hydrogens is 364 g/mol. The molecular formula is C19H24N4O5. The van der Waals surface area contributed by atoms with E-state index in [1.54, 1.807) is 12.1 Å². The van der Waals surface area contributed by atoms with Crippen LogP contribution in [0.25, 0.3) is 10.9 Å². The van der Waals surface area contributed by atoms with Crippen LogP contribution in [0.3, 0.4) is 0 Å². The third-order valence-corrected chi connectivity index (χ3v) is 4.05. The lowest BCUT2D eigenvalue weighted by molar-refractivity contribution is -0.148. The molecule has 0 fully saturated rings. The van der Waals surface area contributed by atoms with Crippen molar-refractivity contribution in [3.63, 3.8) is 0 Å². The molecule has 0 aliphatic heterocycles. The van der Waals surface area contributed by atoms with Gasteiger partial charge in [0.15, 0.2) is 6.61 Å². The Morgan fingerprint density at radius 1 is 1.25 bits per heavy atom. The first kappa shape index (κ1) is 21.1. The van der Waals surface area contributed by atoms with Gasteiger partial charge in [-0.3, -0.25) is 24.3 Å². The van der Waals surface area contributed by atoms with Crippen molar-refractivity contribution in [2.45, 2.75) is 39.7 Å². The molecule has 1 aromatic heterocycles. The molecule has 0 bridgehead atoms. The highest BCUT2D eigenvalue weighted by Gasteiger charge is 2.12. The van der Waals surface area contributed by atoms with E-state index in [4.69, 9.17) is 4.74 Å². The summed E-state index contributed by atoms with van der Waals surface area (Å²) in [5.74, 6) is -1.37. The van der Waals surface area contributed by atoms with E-state index in [0.717, 1.165) is 18.4 Å². The van der Waals surface area contributed by atoms with Crippen LogP contribution in [0.15, 0.2) is 29.3 Å². The summed E-state index contributed by atoms with van der Waals surface area (Å²) in [6, 6.07) is 4.70. The number of hydrogen-bond acceptors (Lipinski definition) is 6. The maximum absolute atomic E-state index is 12.5. The number of unbranched alkanes of at least 4 members (excludes halogenated alkanes) is 1. The Bertz CT molecular complexity index is 922. The first-order chi connectivity index (χ1) is 13.4. The number of nitrogens with one attached hydrogen (secondary N) is 2. The number of ether oxygens (including phenoxy) is 1. The van der Waals surface area contributed by atoms with Crippen LogP contribution in [-0.4, -0.2) is 40.6 Å². The van der Waals surface area contributed by atoms with Gasteiger partial charge in [-0.25, -0.2) is 9.78 Å². The number of aromatic nitrogens is 2. The van der Waals surface area contributed by atoms with Crippen molar-refractivity contribution >= 4 is 28.8 Å². The molecule has 0 aliphatic carbocycles. The molecule has 28 heavy (non-hydrogen) atoms. The highest BCUT2D eigenvalue weighted by atomic mass is 16.5. The molecule has 1 heterocycles. The summed E-state index contributed by atoms with van der Waals surface area (Å²) in [6.07, 6.45) is 3.01. The van der Waals surface area contributed by atoms with Gasteiger partial charge in [-0.15, -0.1) is 0 Å². The average molecular weight is 388 g/mol. The van der Waals surface area contributed by atoms with Crippen LogP contribution < -0.4 is 16.2 Å². The van der Waals surface area contributed by atoms with Crippen molar-refractivity contribution in [3.05, 3.63) is 40.4 Å². The molecule has 0 saturated heterocycles. The highest BCUT2D eigenvalue weighted by Crippen LogP contribution is 2.11. The number of rotatable bonds is 8. The van der Waals surface area contributed by atoms with Gasteiger partial charge in [0, 0.05) is 13.1 Å². The van der Waals surface area contributed by atoms with Crippen molar-refractivity contribution in [2.24, 2.45) is 0 Å². The predicted molar refractivity (Wildman–Crippen MR) is 103 cm³/mol. The van der Waals surface area contributed by atoms with Crippen molar-refractivity contribution < 1.29 is 19.1 Å². The Balaban J connectivity index is 1.80. The van der Waals surface area contributed by atoms with E-state index in [1.807, 2.05) is 19.9 Å². The zero-order valence-electron chi connectivity index (χ0n) is 16.0. The fourth-order valence-electron chi connectivity index (χ4n) is 2.51. The van der Waals surface area contributed by atoms with Gasteiger partial charge in [-0.05, 0) is 25.0 Å². The monoisotopic (exact) mass is 388 g/mol. The Hall–Kier alpha value is -3.23. The molecule has 0 aliphatic rings. The fourth-order valence-corrected chi connectivity index (χ4v) is 2.51. The van der Waals surface area contributed by atoms with E-state index in [9.17, 15) is 19.2 Å². The Morgan fingerprint density at radius 2 is 2.04 bits per heavy atom. The second-order valence-electron chi connectivity index (χ2n) is 6.28. The lowest BCUT2D eigenvalue weighted by Crippen LogP contribution is -2.41. The predicted octanol–water partition coefficient (Wildman–Crippen LogP) is 1.26. The number of carbonyl (C=O) groups is 3. The van der Waals surface area contributed by atoms with Crippen molar-refractivity contribution in [3.8, 4) is 0 Å². The van der Waals surface area contributed by atoms with E-state index < -0.39 is 24.5 Å². The summed E-state index contributed by atoms with van der Waals surface area (Å²) < 4.78 is 6.16. The van der Waals surface area contributed by atoms with Gasteiger partial charge in [-0.2, -0.15) is 0 Å². The zero-order valence-corrected chi connectivity index (χ0v) is 16.0. The second-order valence-corrected chi connectivity index (χ2v) is 6.28. The van der Waals surface area contributed by atoms with Crippen LogP contribution in [0.5, 0.6) is 0 Å². The molecule has 1 aromatic carbocycles. The van der Waals surface area contributed by atoms with Gasteiger partial charge in [0.2, 0.25) is 0 Å². The lowest BCUT2D eigenvalue weighted by atomic mass is 10.1. The molecule has 0 radical (unpaired) electrons. The van der Waals surface area contributed by atoms with Gasteiger partial charge < -0.3 is 10.1 Å². The summed E-state index contributed by atoms with van der Waals surface area (Å²) in [5.41, 5.74) is 1.27. The number of aryl methyl sites for hydroxylation is 2. The van der Waals surface area contributed by atoms with Crippen LogP contribution in [0.1, 0.15) is 31.7 Å². The fraction of sp³-hybridized carbons (Fsp3) is 0.421. The smallest absolute Gasteiger partial charge is 0.321 e. The number of benzene rings is 1. The highest BCUT2D eigenvalue weighted by molar-refractivity contribution is 5.95. The van der Waals surface area contributed by atoms with Crippen LogP contribution >= 0.6 is 0 Å². The number of hydrogen-bond donors (Lipinski definition) is 2. The van der Waals surface area contributed by atoms with Gasteiger partial charge in [-0.1, -0.05) is 25.5 Å². The summed E-state index contributed by atoms with van der Waals surface area (Å²) in [7, 11) is 0. The summed E-state index contributed by atoms with van der Waals surface area (Å²) in [5, 5.41) is 5.06. The number of amides is 3. The van der Waals surface area contributed by atoms with Gasteiger partial charge in [0.05, 0.1) is 23.7 Å². The molecule has 0 saturated carbocycles. The van der Waals surface area contributed by atoms with Crippen LogP contribution in [-0.2, 0) is 20.9 Å².